The third-order valence-corrected chi connectivity index (χ3v) is 4.57. The summed E-state index contributed by atoms with van der Waals surface area (Å²) in [5.74, 6) is -0.854. The number of carbonyl (C=O) groups is 2. The lowest BCUT2D eigenvalue weighted by Gasteiger charge is -2.14. The van der Waals surface area contributed by atoms with Crippen molar-refractivity contribution in [1.82, 2.24) is 5.32 Å². The molecule has 152 valence electrons. The first-order valence-corrected chi connectivity index (χ1v) is 9.12. The van der Waals surface area contributed by atoms with Gasteiger partial charge in [0.2, 0.25) is 0 Å². The number of ether oxygens (including phenoxy) is 2. The van der Waals surface area contributed by atoms with Crippen LogP contribution in [0.15, 0.2) is 42.5 Å². The van der Waals surface area contributed by atoms with E-state index in [1.54, 1.807) is 24.3 Å². The smallest absolute Gasteiger partial charge is 0.311 e. The van der Waals surface area contributed by atoms with Crippen molar-refractivity contribution >= 4 is 23.2 Å². The van der Waals surface area contributed by atoms with Gasteiger partial charge in [-0.1, -0.05) is 12.1 Å². The van der Waals surface area contributed by atoms with E-state index in [1.807, 2.05) is 0 Å². The molecule has 0 aromatic heterocycles. The van der Waals surface area contributed by atoms with Gasteiger partial charge in [0.25, 0.3) is 11.8 Å². The van der Waals surface area contributed by atoms with Crippen molar-refractivity contribution in [2.24, 2.45) is 0 Å². The monoisotopic (exact) mass is 399 g/mol. The Bertz CT molecular complexity index is 924. The summed E-state index contributed by atoms with van der Waals surface area (Å²) < 4.78 is 10.4. The molecule has 9 nitrogen and oxygen atoms in total. The van der Waals surface area contributed by atoms with E-state index in [1.165, 1.54) is 19.2 Å². The zero-order valence-electron chi connectivity index (χ0n) is 15.8. The van der Waals surface area contributed by atoms with Crippen LogP contribution in [0.25, 0.3) is 0 Å². The Balaban J connectivity index is 1.74. The second-order valence-electron chi connectivity index (χ2n) is 6.49. The van der Waals surface area contributed by atoms with Gasteiger partial charge in [-0.15, -0.1) is 0 Å². The van der Waals surface area contributed by atoms with Crippen LogP contribution in [0, 0.1) is 10.1 Å². The van der Waals surface area contributed by atoms with Crippen LogP contribution in [-0.4, -0.2) is 43.1 Å². The Labute approximate surface area is 167 Å². The van der Waals surface area contributed by atoms with Gasteiger partial charge in [0.05, 0.1) is 29.4 Å². The van der Waals surface area contributed by atoms with E-state index in [4.69, 9.17) is 9.47 Å². The first kappa shape index (κ1) is 20.3. The minimum Gasteiger partial charge on any atom is -0.490 e. The summed E-state index contributed by atoms with van der Waals surface area (Å²) in [5, 5.41) is 16.6. The molecule has 2 amide bonds. The number of amides is 2. The number of nitro groups is 1. The van der Waals surface area contributed by atoms with Crippen LogP contribution in [0.5, 0.6) is 5.75 Å². The number of methoxy groups -OCH3 is 1. The van der Waals surface area contributed by atoms with Crippen LogP contribution in [0.4, 0.5) is 11.4 Å². The van der Waals surface area contributed by atoms with Gasteiger partial charge in [-0.3, -0.25) is 19.7 Å². The molecule has 1 atom stereocenters. The largest absolute Gasteiger partial charge is 0.490 e. The third-order valence-electron chi connectivity index (χ3n) is 4.57. The molecule has 1 fully saturated rings. The van der Waals surface area contributed by atoms with E-state index in [0.717, 1.165) is 18.9 Å². The highest BCUT2D eigenvalue weighted by Gasteiger charge is 2.21. The fourth-order valence-electron chi connectivity index (χ4n) is 3.07. The van der Waals surface area contributed by atoms with E-state index in [2.05, 4.69) is 10.6 Å². The standard InChI is InChI=1S/C20H21N3O6/c1-28-18-9-8-13(11-17(18)23(26)27)19(24)22-16-7-3-2-6-15(16)20(25)21-12-14-5-4-10-29-14/h2-3,6-9,11,14H,4-5,10,12H2,1H3,(H,21,25)(H,22,24)/t14-/m0/s1. The lowest BCUT2D eigenvalue weighted by atomic mass is 10.1. The number of rotatable bonds is 7. The van der Waals surface area contributed by atoms with Crippen LogP contribution in [-0.2, 0) is 4.74 Å². The molecule has 2 N–H and O–H groups in total. The van der Waals surface area contributed by atoms with Crippen LogP contribution >= 0.6 is 0 Å². The number of nitrogens with one attached hydrogen (secondary N) is 2. The van der Waals surface area contributed by atoms with Crippen molar-refractivity contribution in [3.8, 4) is 5.75 Å². The summed E-state index contributed by atoms with van der Waals surface area (Å²) in [6, 6.07) is 10.5. The lowest BCUT2D eigenvalue weighted by Crippen LogP contribution is -2.32. The Kier molecular flexibility index (Phi) is 6.40. The molecule has 3 rings (SSSR count). The molecular weight excluding hydrogens is 378 g/mol. The molecule has 0 spiro atoms. The quantitative estimate of drug-likeness (QED) is 0.546. The van der Waals surface area contributed by atoms with Crippen molar-refractivity contribution in [2.75, 3.05) is 25.6 Å². The summed E-state index contributed by atoms with van der Waals surface area (Å²) in [4.78, 5) is 35.7. The summed E-state index contributed by atoms with van der Waals surface area (Å²) in [6.45, 7) is 1.09. The zero-order valence-corrected chi connectivity index (χ0v) is 15.8. The maximum absolute atomic E-state index is 12.6. The molecule has 1 heterocycles. The zero-order chi connectivity index (χ0) is 20.8. The fourth-order valence-corrected chi connectivity index (χ4v) is 3.07. The van der Waals surface area contributed by atoms with Gasteiger partial charge in [-0.05, 0) is 37.1 Å². The predicted molar refractivity (Wildman–Crippen MR) is 105 cm³/mol. The number of benzene rings is 2. The number of nitrogens with zero attached hydrogens (tertiary/aromatic N) is 1. The number of nitro benzene ring substituents is 1. The van der Waals surface area contributed by atoms with E-state index in [9.17, 15) is 19.7 Å². The van der Waals surface area contributed by atoms with Gasteiger partial charge in [-0.2, -0.15) is 0 Å². The van der Waals surface area contributed by atoms with E-state index >= 15 is 0 Å². The average molecular weight is 399 g/mol. The minimum atomic E-state index is -0.623. The topological polar surface area (TPSA) is 120 Å². The third kappa shape index (κ3) is 4.88. The van der Waals surface area contributed by atoms with Gasteiger partial charge in [0.1, 0.15) is 0 Å². The van der Waals surface area contributed by atoms with E-state index in [0.29, 0.717) is 24.4 Å². The van der Waals surface area contributed by atoms with Crippen molar-refractivity contribution in [3.63, 3.8) is 0 Å². The molecule has 2 aromatic carbocycles. The highest BCUT2D eigenvalue weighted by atomic mass is 16.6. The second kappa shape index (κ2) is 9.16. The van der Waals surface area contributed by atoms with Gasteiger partial charge >= 0.3 is 5.69 Å². The maximum atomic E-state index is 12.6. The molecule has 1 saturated heterocycles. The highest BCUT2D eigenvalue weighted by molar-refractivity contribution is 6.09. The first-order chi connectivity index (χ1) is 14.0. The molecule has 29 heavy (non-hydrogen) atoms. The van der Waals surface area contributed by atoms with Gasteiger partial charge in [0, 0.05) is 24.8 Å². The minimum absolute atomic E-state index is 0.000511. The molecule has 1 aliphatic heterocycles. The molecule has 0 radical (unpaired) electrons. The number of hydrogen-bond acceptors (Lipinski definition) is 6. The number of anilines is 1. The van der Waals surface area contributed by atoms with Gasteiger partial charge in [-0.25, -0.2) is 0 Å². The molecule has 0 bridgehead atoms. The van der Waals surface area contributed by atoms with Gasteiger partial charge in [0.15, 0.2) is 5.75 Å². The molecule has 0 unspecified atom stereocenters. The molecule has 0 saturated carbocycles. The Hall–Kier alpha value is -3.46. The molecule has 1 aliphatic rings. The summed E-state index contributed by atoms with van der Waals surface area (Å²) in [5.41, 5.74) is 0.359. The van der Waals surface area contributed by atoms with Crippen LogP contribution in [0.1, 0.15) is 33.6 Å². The SMILES string of the molecule is COc1ccc(C(=O)Nc2ccccc2C(=O)NC[C@@H]2CCCO2)cc1[N+](=O)[O-]. The normalized spacial score (nSPS) is 15.6. The van der Waals surface area contributed by atoms with Crippen molar-refractivity contribution in [2.45, 2.75) is 18.9 Å². The van der Waals surface area contributed by atoms with Crippen LogP contribution in [0.3, 0.4) is 0 Å². The summed E-state index contributed by atoms with van der Waals surface area (Å²) >= 11 is 0. The van der Waals surface area contributed by atoms with Crippen molar-refractivity contribution in [3.05, 3.63) is 63.7 Å². The molecular formula is C20H21N3O6. The Morgan fingerprint density at radius 2 is 2.03 bits per heavy atom. The maximum Gasteiger partial charge on any atom is 0.311 e. The van der Waals surface area contributed by atoms with Crippen molar-refractivity contribution in [1.29, 1.82) is 0 Å². The van der Waals surface area contributed by atoms with Gasteiger partial charge < -0.3 is 20.1 Å². The Morgan fingerprint density at radius 3 is 2.72 bits per heavy atom. The molecule has 0 aliphatic carbocycles. The predicted octanol–water partition coefficient (Wildman–Crippen LogP) is 2.76. The van der Waals surface area contributed by atoms with Crippen molar-refractivity contribution < 1.29 is 24.0 Å². The number of carbonyl (C=O) groups excluding carboxylic acids is 2. The Morgan fingerprint density at radius 1 is 1.24 bits per heavy atom. The average Bonchev–Trinajstić information content (AvgIpc) is 3.25. The highest BCUT2D eigenvalue weighted by Crippen LogP contribution is 2.28. The summed E-state index contributed by atoms with van der Waals surface area (Å²) in [7, 11) is 1.31. The molecule has 9 heteroatoms. The van der Waals surface area contributed by atoms with Crippen LogP contribution in [0.2, 0.25) is 0 Å². The molecule has 2 aromatic rings. The van der Waals surface area contributed by atoms with Crippen LogP contribution < -0.4 is 15.4 Å². The number of hydrogen-bond donors (Lipinski definition) is 2. The lowest BCUT2D eigenvalue weighted by molar-refractivity contribution is -0.385. The second-order valence-corrected chi connectivity index (χ2v) is 6.49. The summed E-state index contributed by atoms with van der Waals surface area (Å²) in [6.07, 6.45) is 1.87. The fraction of sp³-hybridized carbons (Fsp3) is 0.300. The first-order valence-electron chi connectivity index (χ1n) is 9.12. The number of para-hydroxylation sites is 1. The van der Waals surface area contributed by atoms with E-state index < -0.39 is 10.8 Å². The van der Waals surface area contributed by atoms with E-state index in [-0.39, 0.29) is 29.0 Å².